The molecule has 2 aromatic heterocycles. The summed E-state index contributed by atoms with van der Waals surface area (Å²) >= 11 is 1.59. The SMILES string of the molecule is CCC(CC)C(=O)NCCc1csc(-c2ccccn2)n1. The molecule has 112 valence electrons. The summed E-state index contributed by atoms with van der Waals surface area (Å²) in [5, 5.41) is 5.95. The summed E-state index contributed by atoms with van der Waals surface area (Å²) in [4.78, 5) is 20.7. The summed E-state index contributed by atoms with van der Waals surface area (Å²) in [5.41, 5.74) is 1.90. The number of nitrogens with zero attached hydrogens (tertiary/aromatic N) is 2. The van der Waals surface area contributed by atoms with Gasteiger partial charge in [0.15, 0.2) is 0 Å². The molecule has 0 saturated heterocycles. The molecule has 0 saturated carbocycles. The first-order valence-corrected chi connectivity index (χ1v) is 8.26. The molecule has 2 rings (SSSR count). The molecule has 0 aliphatic rings. The molecule has 0 fully saturated rings. The van der Waals surface area contributed by atoms with Crippen molar-refractivity contribution in [2.24, 2.45) is 5.92 Å². The van der Waals surface area contributed by atoms with Crippen LogP contribution in [0.3, 0.4) is 0 Å². The molecular weight excluding hydrogens is 282 g/mol. The third-order valence-electron chi connectivity index (χ3n) is 3.47. The minimum atomic E-state index is 0.129. The number of hydrogen-bond donors (Lipinski definition) is 1. The fourth-order valence-electron chi connectivity index (χ4n) is 2.15. The van der Waals surface area contributed by atoms with E-state index in [4.69, 9.17) is 0 Å². The van der Waals surface area contributed by atoms with Crippen molar-refractivity contribution in [3.05, 3.63) is 35.5 Å². The lowest BCUT2D eigenvalue weighted by atomic mass is 10.0. The van der Waals surface area contributed by atoms with Crippen LogP contribution >= 0.6 is 11.3 Å². The van der Waals surface area contributed by atoms with Crippen LogP contribution in [0.1, 0.15) is 32.4 Å². The highest BCUT2D eigenvalue weighted by Crippen LogP contribution is 2.21. The van der Waals surface area contributed by atoms with Crippen molar-refractivity contribution in [2.75, 3.05) is 6.54 Å². The van der Waals surface area contributed by atoms with Gasteiger partial charge in [0, 0.05) is 30.5 Å². The second kappa shape index (κ2) is 7.88. The Morgan fingerprint density at radius 2 is 2.14 bits per heavy atom. The van der Waals surface area contributed by atoms with Crippen molar-refractivity contribution in [1.29, 1.82) is 0 Å². The highest BCUT2D eigenvalue weighted by Gasteiger charge is 2.13. The maximum atomic E-state index is 11.9. The average Bonchev–Trinajstić information content (AvgIpc) is 2.98. The maximum absolute atomic E-state index is 11.9. The van der Waals surface area contributed by atoms with Crippen LogP contribution in [0.5, 0.6) is 0 Å². The monoisotopic (exact) mass is 303 g/mol. The fourth-order valence-corrected chi connectivity index (χ4v) is 2.98. The number of carbonyl (C=O) groups excluding carboxylic acids is 1. The number of pyridine rings is 1. The number of rotatable bonds is 7. The van der Waals surface area contributed by atoms with E-state index in [1.54, 1.807) is 17.5 Å². The molecule has 0 spiro atoms. The van der Waals surface area contributed by atoms with Crippen molar-refractivity contribution >= 4 is 17.2 Å². The predicted octanol–water partition coefficient (Wildman–Crippen LogP) is 3.30. The summed E-state index contributed by atoms with van der Waals surface area (Å²) in [6.45, 7) is 4.74. The normalized spacial score (nSPS) is 10.8. The fraction of sp³-hybridized carbons (Fsp3) is 0.438. The van der Waals surface area contributed by atoms with Gasteiger partial charge >= 0.3 is 0 Å². The molecule has 0 aliphatic carbocycles. The number of nitrogens with one attached hydrogen (secondary N) is 1. The van der Waals surface area contributed by atoms with Crippen LogP contribution in [0.4, 0.5) is 0 Å². The Balaban J connectivity index is 1.85. The van der Waals surface area contributed by atoms with E-state index in [1.807, 2.05) is 37.4 Å². The molecule has 1 N–H and O–H groups in total. The van der Waals surface area contributed by atoms with Gasteiger partial charge in [-0.2, -0.15) is 0 Å². The Kier molecular flexibility index (Phi) is 5.87. The molecule has 0 aromatic carbocycles. The zero-order valence-electron chi connectivity index (χ0n) is 12.5. The molecule has 2 heterocycles. The van der Waals surface area contributed by atoms with Gasteiger partial charge in [-0.3, -0.25) is 9.78 Å². The highest BCUT2D eigenvalue weighted by atomic mass is 32.1. The van der Waals surface area contributed by atoms with Gasteiger partial charge in [0.25, 0.3) is 0 Å². The quantitative estimate of drug-likeness (QED) is 0.854. The maximum Gasteiger partial charge on any atom is 0.223 e. The predicted molar refractivity (Wildman–Crippen MR) is 86.1 cm³/mol. The molecule has 21 heavy (non-hydrogen) atoms. The summed E-state index contributed by atoms with van der Waals surface area (Å²) < 4.78 is 0. The number of hydrogen-bond acceptors (Lipinski definition) is 4. The standard InChI is InChI=1S/C16H21N3OS/c1-3-12(4-2)15(20)18-10-8-13-11-21-16(19-13)14-7-5-6-9-17-14/h5-7,9,11-12H,3-4,8,10H2,1-2H3,(H,18,20). The summed E-state index contributed by atoms with van der Waals surface area (Å²) in [5.74, 6) is 0.282. The van der Waals surface area contributed by atoms with Crippen LogP contribution in [0.15, 0.2) is 29.8 Å². The van der Waals surface area contributed by atoms with Crippen LogP contribution in [0.25, 0.3) is 10.7 Å². The molecule has 4 nitrogen and oxygen atoms in total. The number of carbonyl (C=O) groups is 1. The molecular formula is C16H21N3OS. The molecule has 5 heteroatoms. The number of aromatic nitrogens is 2. The van der Waals surface area contributed by atoms with E-state index in [1.165, 1.54) is 0 Å². The lowest BCUT2D eigenvalue weighted by Crippen LogP contribution is -2.31. The molecule has 0 radical (unpaired) electrons. The smallest absolute Gasteiger partial charge is 0.223 e. The third kappa shape index (κ3) is 4.36. The number of amides is 1. The van der Waals surface area contributed by atoms with E-state index in [0.717, 1.165) is 35.7 Å². The Bertz CT molecular complexity index is 564. The van der Waals surface area contributed by atoms with E-state index in [-0.39, 0.29) is 11.8 Å². The van der Waals surface area contributed by atoms with Crippen LogP contribution in [-0.2, 0) is 11.2 Å². The van der Waals surface area contributed by atoms with Gasteiger partial charge in [-0.15, -0.1) is 11.3 Å². The van der Waals surface area contributed by atoms with Crippen molar-refractivity contribution < 1.29 is 4.79 Å². The zero-order valence-corrected chi connectivity index (χ0v) is 13.3. The van der Waals surface area contributed by atoms with E-state index in [2.05, 4.69) is 15.3 Å². The Labute approximate surface area is 129 Å². The van der Waals surface area contributed by atoms with Gasteiger partial charge in [-0.05, 0) is 25.0 Å². The Morgan fingerprint density at radius 1 is 1.33 bits per heavy atom. The van der Waals surface area contributed by atoms with Crippen molar-refractivity contribution in [1.82, 2.24) is 15.3 Å². The second-order valence-electron chi connectivity index (χ2n) is 4.91. The minimum absolute atomic E-state index is 0.129. The lowest BCUT2D eigenvalue weighted by Gasteiger charge is -2.11. The highest BCUT2D eigenvalue weighted by molar-refractivity contribution is 7.13. The zero-order chi connectivity index (χ0) is 15.1. The number of thiazole rings is 1. The largest absolute Gasteiger partial charge is 0.355 e. The molecule has 1 amide bonds. The first-order chi connectivity index (χ1) is 10.2. The van der Waals surface area contributed by atoms with Crippen molar-refractivity contribution in [3.8, 4) is 10.7 Å². The van der Waals surface area contributed by atoms with Crippen LogP contribution < -0.4 is 5.32 Å². The Hall–Kier alpha value is -1.75. The summed E-state index contributed by atoms with van der Waals surface area (Å²) in [6.07, 6.45) is 4.31. The van der Waals surface area contributed by atoms with Crippen LogP contribution in [0, 0.1) is 5.92 Å². The molecule has 0 atom stereocenters. The first-order valence-electron chi connectivity index (χ1n) is 7.38. The lowest BCUT2D eigenvalue weighted by molar-refractivity contribution is -0.125. The third-order valence-corrected chi connectivity index (χ3v) is 4.39. The van der Waals surface area contributed by atoms with E-state index in [0.29, 0.717) is 6.54 Å². The van der Waals surface area contributed by atoms with E-state index < -0.39 is 0 Å². The van der Waals surface area contributed by atoms with Crippen molar-refractivity contribution in [3.63, 3.8) is 0 Å². The topological polar surface area (TPSA) is 54.9 Å². The average molecular weight is 303 g/mol. The minimum Gasteiger partial charge on any atom is -0.355 e. The van der Waals surface area contributed by atoms with Crippen LogP contribution in [0.2, 0.25) is 0 Å². The van der Waals surface area contributed by atoms with Gasteiger partial charge < -0.3 is 5.32 Å². The first kappa shape index (κ1) is 15.6. The Morgan fingerprint density at radius 3 is 2.81 bits per heavy atom. The van der Waals surface area contributed by atoms with Crippen LogP contribution in [-0.4, -0.2) is 22.4 Å². The molecule has 0 bridgehead atoms. The van der Waals surface area contributed by atoms with Gasteiger partial charge in [-0.25, -0.2) is 4.98 Å². The molecule has 0 unspecified atom stereocenters. The molecule has 0 aliphatic heterocycles. The van der Waals surface area contributed by atoms with E-state index >= 15 is 0 Å². The summed E-state index contributed by atoms with van der Waals surface area (Å²) in [6, 6.07) is 5.81. The van der Waals surface area contributed by atoms with Crippen molar-refractivity contribution in [2.45, 2.75) is 33.1 Å². The van der Waals surface area contributed by atoms with Gasteiger partial charge in [0.2, 0.25) is 5.91 Å². The second-order valence-corrected chi connectivity index (χ2v) is 5.77. The van der Waals surface area contributed by atoms with Gasteiger partial charge in [0.05, 0.1) is 11.4 Å². The van der Waals surface area contributed by atoms with Gasteiger partial charge in [0.1, 0.15) is 5.01 Å². The van der Waals surface area contributed by atoms with E-state index in [9.17, 15) is 4.79 Å². The van der Waals surface area contributed by atoms with Gasteiger partial charge in [-0.1, -0.05) is 19.9 Å². The summed E-state index contributed by atoms with van der Waals surface area (Å²) in [7, 11) is 0. The molecule has 2 aromatic rings.